The molecule has 0 saturated carbocycles. The number of halogens is 3. The normalized spacial score (nSPS) is 24.4. The van der Waals surface area contributed by atoms with Gasteiger partial charge in [-0.2, -0.15) is 13.2 Å². The van der Waals surface area contributed by atoms with Gasteiger partial charge in [0.1, 0.15) is 0 Å². The Morgan fingerprint density at radius 2 is 1.88 bits per heavy atom. The van der Waals surface area contributed by atoms with Crippen LogP contribution in [0.3, 0.4) is 0 Å². The lowest BCUT2D eigenvalue weighted by Gasteiger charge is -2.46. The number of anilines is 1. The molecule has 2 heterocycles. The average Bonchev–Trinajstić information content (AvgIpc) is 2.81. The lowest BCUT2D eigenvalue weighted by Crippen LogP contribution is -2.53. The van der Waals surface area contributed by atoms with Crippen LogP contribution in [-0.4, -0.2) is 30.8 Å². The minimum Gasteiger partial charge on any atom is -0.378 e. The predicted molar refractivity (Wildman–Crippen MR) is 124 cm³/mol. The van der Waals surface area contributed by atoms with Crippen molar-refractivity contribution in [1.82, 2.24) is 10.6 Å². The summed E-state index contributed by atoms with van der Waals surface area (Å²) in [5.41, 5.74) is 6.62. The smallest absolute Gasteiger partial charge is 0.378 e. The van der Waals surface area contributed by atoms with Gasteiger partial charge in [-0.1, -0.05) is 30.3 Å². The minimum atomic E-state index is -4.44. The van der Waals surface area contributed by atoms with E-state index < -0.39 is 23.4 Å². The van der Waals surface area contributed by atoms with E-state index >= 15 is 0 Å². The third kappa shape index (κ3) is 5.31. The van der Waals surface area contributed by atoms with E-state index in [0.717, 1.165) is 18.1 Å². The molecule has 4 atom stereocenters. The van der Waals surface area contributed by atoms with Crippen molar-refractivity contribution in [3.8, 4) is 0 Å². The van der Waals surface area contributed by atoms with Crippen LogP contribution in [0.25, 0.3) is 0 Å². The van der Waals surface area contributed by atoms with Crippen LogP contribution >= 0.6 is 0 Å². The van der Waals surface area contributed by atoms with E-state index in [4.69, 9.17) is 10.5 Å². The molecule has 0 bridgehead atoms. The Morgan fingerprint density at radius 1 is 1.15 bits per heavy atom. The summed E-state index contributed by atoms with van der Waals surface area (Å²) in [6, 6.07) is 13.2. The number of hydrogen-bond acceptors (Lipinski definition) is 4. The molecule has 1 saturated heterocycles. The minimum absolute atomic E-state index is 0.0420. The number of rotatable bonds is 5. The molecule has 1 fully saturated rings. The number of amides is 2. The van der Waals surface area contributed by atoms with Crippen molar-refractivity contribution in [3.05, 3.63) is 65.2 Å². The van der Waals surface area contributed by atoms with Gasteiger partial charge in [0.25, 0.3) is 0 Å². The van der Waals surface area contributed by atoms with Crippen molar-refractivity contribution < 1.29 is 22.7 Å². The molecule has 6 nitrogen and oxygen atoms in total. The predicted octanol–water partition coefficient (Wildman–Crippen LogP) is 4.75. The average molecular weight is 477 g/mol. The van der Waals surface area contributed by atoms with Gasteiger partial charge >= 0.3 is 12.2 Å². The number of carbonyl (C=O) groups is 1. The zero-order chi connectivity index (χ0) is 24.5. The number of nitrogens with one attached hydrogen (secondary N) is 3. The van der Waals surface area contributed by atoms with Crippen LogP contribution in [0.4, 0.5) is 23.7 Å². The summed E-state index contributed by atoms with van der Waals surface area (Å²) in [5.74, 6) is -0.0420. The van der Waals surface area contributed by atoms with E-state index in [0.29, 0.717) is 17.7 Å². The molecule has 2 aliphatic rings. The number of alkyl halides is 3. The first-order valence-electron chi connectivity index (χ1n) is 11.5. The third-order valence-corrected chi connectivity index (χ3v) is 6.59. The summed E-state index contributed by atoms with van der Waals surface area (Å²) in [7, 11) is 0. The van der Waals surface area contributed by atoms with Crippen molar-refractivity contribution in [3.63, 3.8) is 0 Å². The second-order valence-corrected chi connectivity index (χ2v) is 9.68. The zero-order valence-electron chi connectivity index (χ0n) is 19.3. The Kier molecular flexibility index (Phi) is 6.78. The summed E-state index contributed by atoms with van der Waals surface area (Å²) in [6.45, 7) is 4.19. The maximum atomic E-state index is 13.4. The molecule has 34 heavy (non-hydrogen) atoms. The number of hydrogen-bond donors (Lipinski definition) is 4. The topological polar surface area (TPSA) is 88.4 Å². The Hall–Kier alpha value is -2.78. The maximum absolute atomic E-state index is 13.4. The summed E-state index contributed by atoms with van der Waals surface area (Å²) >= 11 is 0. The molecule has 0 aliphatic carbocycles. The number of nitrogens with two attached hydrogens (primary N) is 1. The molecule has 2 aromatic carbocycles. The first-order valence-corrected chi connectivity index (χ1v) is 11.5. The van der Waals surface area contributed by atoms with Gasteiger partial charge in [0.2, 0.25) is 0 Å². The molecule has 2 amide bonds. The number of benzene rings is 2. The van der Waals surface area contributed by atoms with Crippen molar-refractivity contribution in [2.75, 3.05) is 18.4 Å². The van der Waals surface area contributed by atoms with Crippen molar-refractivity contribution >= 4 is 11.7 Å². The van der Waals surface area contributed by atoms with Crippen LogP contribution in [0.2, 0.25) is 0 Å². The lowest BCUT2D eigenvalue weighted by molar-refractivity contribution is -0.138. The Balaban J connectivity index is 1.56. The van der Waals surface area contributed by atoms with Gasteiger partial charge in [-0.3, -0.25) is 0 Å². The van der Waals surface area contributed by atoms with Gasteiger partial charge in [0.05, 0.1) is 23.8 Å². The van der Waals surface area contributed by atoms with Crippen LogP contribution in [0.15, 0.2) is 48.5 Å². The molecule has 5 N–H and O–H groups in total. The summed E-state index contributed by atoms with van der Waals surface area (Å²) in [4.78, 5) is 12.3. The molecular formula is C25H31F3N4O2. The summed E-state index contributed by atoms with van der Waals surface area (Å²) in [5, 5.41) is 9.07. The van der Waals surface area contributed by atoms with E-state index in [2.05, 4.69) is 16.0 Å². The first-order chi connectivity index (χ1) is 16.1. The monoisotopic (exact) mass is 476 g/mol. The molecule has 9 heteroatoms. The molecular weight excluding hydrogens is 445 g/mol. The molecule has 0 radical (unpaired) electrons. The van der Waals surface area contributed by atoms with Crippen LogP contribution in [0.5, 0.6) is 0 Å². The summed E-state index contributed by atoms with van der Waals surface area (Å²) in [6.07, 6.45) is -3.85. The zero-order valence-corrected chi connectivity index (χ0v) is 19.3. The van der Waals surface area contributed by atoms with E-state index in [-0.39, 0.29) is 37.2 Å². The maximum Gasteiger partial charge on any atom is 0.416 e. The molecule has 2 aromatic rings. The van der Waals surface area contributed by atoms with Gasteiger partial charge in [-0.15, -0.1) is 0 Å². The van der Waals surface area contributed by atoms with E-state index in [1.807, 2.05) is 44.2 Å². The fourth-order valence-corrected chi connectivity index (χ4v) is 4.68. The SMILES string of the molecule is CC(C)(CN)NC(=O)NC[C@H]1CC[C@@H]2[C@H](O1)c1cc(C(F)(F)F)ccc1N[C@H]2c1ccccc1. The molecule has 184 valence electrons. The van der Waals surface area contributed by atoms with Crippen molar-refractivity contribution in [2.24, 2.45) is 11.7 Å². The van der Waals surface area contributed by atoms with Crippen LogP contribution < -0.4 is 21.7 Å². The van der Waals surface area contributed by atoms with Crippen LogP contribution in [-0.2, 0) is 10.9 Å². The first kappa shape index (κ1) is 24.3. The third-order valence-electron chi connectivity index (χ3n) is 6.59. The molecule has 0 unspecified atom stereocenters. The van der Waals surface area contributed by atoms with Crippen molar-refractivity contribution in [2.45, 2.75) is 56.7 Å². The van der Waals surface area contributed by atoms with Crippen LogP contribution in [0, 0.1) is 5.92 Å². The van der Waals surface area contributed by atoms with Crippen molar-refractivity contribution in [1.29, 1.82) is 0 Å². The lowest BCUT2D eigenvalue weighted by atomic mass is 9.76. The van der Waals surface area contributed by atoms with E-state index in [1.165, 1.54) is 12.1 Å². The highest BCUT2D eigenvalue weighted by atomic mass is 19.4. The fraction of sp³-hybridized carbons (Fsp3) is 0.480. The largest absolute Gasteiger partial charge is 0.416 e. The Morgan fingerprint density at radius 3 is 2.56 bits per heavy atom. The second kappa shape index (κ2) is 9.46. The summed E-state index contributed by atoms with van der Waals surface area (Å²) < 4.78 is 46.7. The Bertz CT molecular complexity index is 1010. The number of ether oxygens (including phenoxy) is 1. The highest BCUT2D eigenvalue weighted by Crippen LogP contribution is 2.51. The highest BCUT2D eigenvalue weighted by Gasteiger charge is 2.43. The Labute approximate surface area is 197 Å². The molecule has 4 rings (SSSR count). The van der Waals surface area contributed by atoms with Gasteiger partial charge in [0, 0.05) is 35.8 Å². The molecule has 0 aromatic heterocycles. The number of fused-ring (bicyclic) bond motifs is 3. The van der Waals surface area contributed by atoms with Gasteiger partial charge in [-0.25, -0.2) is 4.79 Å². The van der Waals surface area contributed by atoms with E-state index in [9.17, 15) is 18.0 Å². The quantitative estimate of drug-likeness (QED) is 0.502. The van der Waals surface area contributed by atoms with Gasteiger partial charge in [0.15, 0.2) is 0 Å². The van der Waals surface area contributed by atoms with Crippen LogP contribution in [0.1, 0.15) is 55.5 Å². The standard InChI is InChI=1S/C25H31F3N4O2/c1-24(2,14-29)32-23(33)30-13-17-9-10-18-21(15-6-4-3-5-7-15)31-20-11-8-16(25(26,27)28)12-19(20)22(18)34-17/h3-8,11-12,17-18,21-22,31H,9-10,13-14,29H2,1-2H3,(H2,30,32,33)/t17-,18+,21+,22+/m1/s1. The number of urea groups is 1. The number of carbonyl (C=O) groups excluding carboxylic acids is 1. The highest BCUT2D eigenvalue weighted by molar-refractivity contribution is 5.74. The molecule has 2 aliphatic heterocycles. The van der Waals surface area contributed by atoms with E-state index in [1.54, 1.807) is 0 Å². The van der Waals surface area contributed by atoms with Gasteiger partial charge < -0.3 is 26.4 Å². The van der Waals surface area contributed by atoms with Gasteiger partial charge in [-0.05, 0) is 50.5 Å². The second-order valence-electron chi connectivity index (χ2n) is 9.68. The fourth-order valence-electron chi connectivity index (χ4n) is 4.68. The molecule has 0 spiro atoms.